The van der Waals surface area contributed by atoms with Crippen LogP contribution in [0.25, 0.3) is 0 Å². The van der Waals surface area contributed by atoms with Crippen LogP contribution >= 0.6 is 0 Å². The van der Waals surface area contributed by atoms with Crippen molar-refractivity contribution >= 4 is 0 Å². The second-order valence-electron chi connectivity index (χ2n) is 4.67. The van der Waals surface area contributed by atoms with Crippen LogP contribution in [-0.2, 0) is 6.42 Å². The largest absolute Gasteiger partial charge is 0.435 e. The van der Waals surface area contributed by atoms with Gasteiger partial charge in [0.1, 0.15) is 5.75 Å². The van der Waals surface area contributed by atoms with Gasteiger partial charge in [0.15, 0.2) is 0 Å². The number of benzene rings is 1. The predicted octanol–water partition coefficient (Wildman–Crippen LogP) is 1.94. The fourth-order valence-electron chi connectivity index (χ4n) is 2.32. The second kappa shape index (κ2) is 5.63. The van der Waals surface area contributed by atoms with E-state index in [-0.39, 0.29) is 5.75 Å². The average molecular weight is 257 g/mol. The van der Waals surface area contributed by atoms with Gasteiger partial charge in [0.2, 0.25) is 0 Å². The molecule has 5 heteroatoms. The first-order valence-electron chi connectivity index (χ1n) is 6.05. The quantitative estimate of drug-likeness (QED) is 0.866. The van der Waals surface area contributed by atoms with Crippen LogP contribution in [0.2, 0.25) is 0 Å². The molecule has 1 fully saturated rings. The summed E-state index contributed by atoms with van der Waals surface area (Å²) in [6.45, 7) is -1.47. The first-order valence-corrected chi connectivity index (χ1v) is 6.05. The number of para-hydroxylation sites is 1. The van der Waals surface area contributed by atoms with Crippen molar-refractivity contribution in [1.29, 1.82) is 0 Å². The average Bonchev–Trinajstić information content (AvgIpc) is 2.32. The van der Waals surface area contributed by atoms with Crippen molar-refractivity contribution in [2.45, 2.75) is 31.5 Å². The third-order valence-corrected chi connectivity index (χ3v) is 3.16. The lowest BCUT2D eigenvalue weighted by atomic mass is 9.87. The molecule has 2 N–H and O–H groups in total. The zero-order valence-corrected chi connectivity index (χ0v) is 10.0. The molecule has 1 unspecified atom stereocenters. The maximum Gasteiger partial charge on any atom is 0.387 e. The van der Waals surface area contributed by atoms with Crippen LogP contribution in [0.3, 0.4) is 0 Å². The van der Waals surface area contributed by atoms with Crippen molar-refractivity contribution in [3.05, 3.63) is 29.8 Å². The number of aliphatic hydroxyl groups is 1. The van der Waals surface area contributed by atoms with Gasteiger partial charge < -0.3 is 15.2 Å². The van der Waals surface area contributed by atoms with E-state index in [2.05, 4.69) is 10.1 Å². The van der Waals surface area contributed by atoms with E-state index in [1.54, 1.807) is 18.2 Å². The van der Waals surface area contributed by atoms with Gasteiger partial charge in [-0.05, 0) is 31.0 Å². The molecule has 1 aliphatic heterocycles. The van der Waals surface area contributed by atoms with Crippen LogP contribution in [0.1, 0.15) is 18.4 Å². The molecule has 1 aromatic rings. The molecule has 1 heterocycles. The standard InChI is InChI=1S/C13H17F2NO2/c14-12(15)18-11-5-2-1-4-10(11)8-13(17)6-3-7-16-9-13/h1-2,4-5,12,16-17H,3,6-9H2. The Labute approximate surface area is 105 Å². The first-order chi connectivity index (χ1) is 8.59. The molecule has 0 saturated carbocycles. The summed E-state index contributed by atoms with van der Waals surface area (Å²) in [5.41, 5.74) is -0.260. The molecule has 1 atom stereocenters. The van der Waals surface area contributed by atoms with E-state index in [9.17, 15) is 13.9 Å². The number of alkyl halides is 2. The molecule has 1 aliphatic rings. The molecule has 0 spiro atoms. The van der Waals surface area contributed by atoms with Crippen LogP contribution in [0.5, 0.6) is 5.75 Å². The molecular weight excluding hydrogens is 240 g/mol. The fraction of sp³-hybridized carbons (Fsp3) is 0.538. The van der Waals surface area contributed by atoms with Crippen molar-refractivity contribution < 1.29 is 18.6 Å². The minimum absolute atomic E-state index is 0.145. The molecule has 1 saturated heterocycles. The first kappa shape index (κ1) is 13.2. The Balaban J connectivity index is 2.12. The number of halogens is 2. The minimum atomic E-state index is -2.84. The molecule has 0 aromatic heterocycles. The second-order valence-corrected chi connectivity index (χ2v) is 4.67. The van der Waals surface area contributed by atoms with Gasteiger partial charge in [-0.25, -0.2) is 0 Å². The Hall–Kier alpha value is -1.20. The Kier molecular flexibility index (Phi) is 4.14. The van der Waals surface area contributed by atoms with Crippen molar-refractivity contribution in [2.75, 3.05) is 13.1 Å². The lowest BCUT2D eigenvalue weighted by Gasteiger charge is -2.33. The molecule has 0 aliphatic carbocycles. The van der Waals surface area contributed by atoms with Gasteiger partial charge in [-0.1, -0.05) is 18.2 Å². The molecule has 2 rings (SSSR count). The summed E-state index contributed by atoms with van der Waals surface area (Å²) in [6, 6.07) is 6.61. The minimum Gasteiger partial charge on any atom is -0.435 e. The summed E-state index contributed by atoms with van der Waals surface area (Å²) < 4.78 is 29.0. The number of hydrogen-bond acceptors (Lipinski definition) is 3. The van der Waals surface area contributed by atoms with Gasteiger partial charge in [0.25, 0.3) is 0 Å². The fourth-order valence-corrected chi connectivity index (χ4v) is 2.32. The number of ether oxygens (including phenoxy) is 1. The molecule has 0 amide bonds. The van der Waals surface area contributed by atoms with Crippen LogP contribution in [0.4, 0.5) is 8.78 Å². The van der Waals surface area contributed by atoms with Crippen molar-refractivity contribution in [2.24, 2.45) is 0 Å². The third-order valence-electron chi connectivity index (χ3n) is 3.16. The Morgan fingerprint density at radius 3 is 2.83 bits per heavy atom. The summed E-state index contributed by atoms with van der Waals surface area (Å²) in [4.78, 5) is 0. The van der Waals surface area contributed by atoms with Gasteiger partial charge in [0.05, 0.1) is 5.60 Å². The number of piperidine rings is 1. The molecule has 100 valence electrons. The van der Waals surface area contributed by atoms with Crippen molar-refractivity contribution in [3.8, 4) is 5.75 Å². The zero-order chi connectivity index (χ0) is 13.0. The van der Waals surface area contributed by atoms with Gasteiger partial charge in [-0.2, -0.15) is 8.78 Å². The predicted molar refractivity (Wildman–Crippen MR) is 63.8 cm³/mol. The number of nitrogens with one attached hydrogen (secondary N) is 1. The number of β-amino-alcohol motifs (C(OH)–C–C–N with tert-alkyl or cyclic N) is 1. The maximum absolute atomic E-state index is 12.3. The van der Waals surface area contributed by atoms with E-state index in [1.165, 1.54) is 6.07 Å². The van der Waals surface area contributed by atoms with Crippen molar-refractivity contribution in [1.82, 2.24) is 5.32 Å². The normalized spacial score (nSPS) is 24.2. The van der Waals surface area contributed by atoms with Crippen LogP contribution in [0.15, 0.2) is 24.3 Å². The summed E-state index contributed by atoms with van der Waals surface area (Å²) in [5.74, 6) is 0.145. The highest BCUT2D eigenvalue weighted by molar-refractivity contribution is 5.34. The summed E-state index contributed by atoms with van der Waals surface area (Å²) >= 11 is 0. The van der Waals surface area contributed by atoms with Gasteiger partial charge >= 0.3 is 6.61 Å². The smallest absolute Gasteiger partial charge is 0.387 e. The molecule has 18 heavy (non-hydrogen) atoms. The Morgan fingerprint density at radius 1 is 1.39 bits per heavy atom. The maximum atomic E-state index is 12.3. The van der Waals surface area contributed by atoms with Crippen LogP contribution in [-0.4, -0.2) is 30.4 Å². The number of rotatable bonds is 4. The highest BCUT2D eigenvalue weighted by Crippen LogP contribution is 2.27. The Bertz CT molecular complexity index is 392. The molecule has 1 aromatic carbocycles. The van der Waals surface area contributed by atoms with E-state index in [4.69, 9.17) is 0 Å². The van der Waals surface area contributed by atoms with E-state index in [0.717, 1.165) is 13.0 Å². The van der Waals surface area contributed by atoms with Crippen LogP contribution < -0.4 is 10.1 Å². The number of hydrogen-bond donors (Lipinski definition) is 2. The zero-order valence-electron chi connectivity index (χ0n) is 10.0. The molecule has 0 bridgehead atoms. The molecular formula is C13H17F2NO2. The van der Waals surface area contributed by atoms with E-state index >= 15 is 0 Å². The summed E-state index contributed by atoms with van der Waals surface area (Å²) in [7, 11) is 0. The SMILES string of the molecule is OC1(Cc2ccccc2OC(F)F)CCCNC1. The molecule has 0 radical (unpaired) electrons. The monoisotopic (exact) mass is 257 g/mol. The summed E-state index contributed by atoms with van der Waals surface area (Å²) in [5, 5.41) is 13.5. The molecule has 3 nitrogen and oxygen atoms in total. The lowest BCUT2D eigenvalue weighted by Crippen LogP contribution is -2.47. The Morgan fingerprint density at radius 2 is 2.17 bits per heavy atom. The lowest BCUT2D eigenvalue weighted by molar-refractivity contribution is -0.0517. The summed E-state index contributed by atoms with van der Waals surface area (Å²) in [6.07, 6.45) is 1.88. The highest BCUT2D eigenvalue weighted by atomic mass is 19.3. The van der Waals surface area contributed by atoms with E-state index in [0.29, 0.717) is 24.9 Å². The topological polar surface area (TPSA) is 41.5 Å². The van der Waals surface area contributed by atoms with E-state index in [1.807, 2.05) is 0 Å². The van der Waals surface area contributed by atoms with Crippen LogP contribution in [0, 0.1) is 0 Å². The third kappa shape index (κ3) is 3.40. The van der Waals surface area contributed by atoms with Gasteiger partial charge in [0, 0.05) is 13.0 Å². The van der Waals surface area contributed by atoms with Gasteiger partial charge in [-0.3, -0.25) is 0 Å². The van der Waals surface area contributed by atoms with Gasteiger partial charge in [-0.15, -0.1) is 0 Å². The van der Waals surface area contributed by atoms with E-state index < -0.39 is 12.2 Å². The highest BCUT2D eigenvalue weighted by Gasteiger charge is 2.30. The van der Waals surface area contributed by atoms with Crippen molar-refractivity contribution in [3.63, 3.8) is 0 Å².